The Balaban J connectivity index is 1.61. The summed E-state index contributed by atoms with van der Waals surface area (Å²) in [5.74, 6) is 0.612. The van der Waals surface area contributed by atoms with Crippen LogP contribution in [-0.2, 0) is 6.54 Å². The van der Waals surface area contributed by atoms with Crippen LogP contribution in [0.5, 0.6) is 0 Å². The van der Waals surface area contributed by atoms with Gasteiger partial charge in [0.1, 0.15) is 0 Å². The lowest BCUT2D eigenvalue weighted by atomic mass is 10.3. The summed E-state index contributed by atoms with van der Waals surface area (Å²) in [7, 11) is 0. The molecule has 100 valence electrons. The molecule has 0 radical (unpaired) electrons. The maximum absolute atomic E-state index is 4.42. The molecule has 5 nitrogen and oxygen atoms in total. The summed E-state index contributed by atoms with van der Waals surface area (Å²) in [5, 5.41) is 8.90. The Morgan fingerprint density at radius 1 is 1.10 bits per heavy atom. The van der Waals surface area contributed by atoms with Gasteiger partial charge < -0.3 is 5.32 Å². The molecule has 0 atom stereocenters. The first-order chi connectivity index (χ1) is 9.90. The van der Waals surface area contributed by atoms with E-state index in [4.69, 9.17) is 0 Å². The molecule has 4 rings (SSSR count). The minimum Gasteiger partial charge on any atom is -0.310 e. The van der Waals surface area contributed by atoms with Gasteiger partial charge in [0.15, 0.2) is 0 Å². The molecule has 0 spiro atoms. The van der Waals surface area contributed by atoms with Crippen LogP contribution in [0.25, 0.3) is 16.9 Å². The zero-order valence-electron chi connectivity index (χ0n) is 11.0. The van der Waals surface area contributed by atoms with Gasteiger partial charge in [-0.25, -0.2) is 9.97 Å². The quantitative estimate of drug-likeness (QED) is 0.784. The smallest absolute Gasteiger partial charge is 0.251 e. The Bertz CT molecular complexity index is 727. The number of benzene rings is 1. The fourth-order valence-electron chi connectivity index (χ4n) is 2.23. The summed E-state index contributed by atoms with van der Waals surface area (Å²) in [5.41, 5.74) is 2.13. The Morgan fingerprint density at radius 3 is 2.70 bits per heavy atom. The molecule has 1 aliphatic carbocycles. The fraction of sp³-hybridized carbons (Fsp3) is 0.267. The molecule has 1 fully saturated rings. The Kier molecular flexibility index (Phi) is 2.70. The predicted molar refractivity (Wildman–Crippen MR) is 76.5 cm³/mol. The number of nitrogens with one attached hydrogen (secondary N) is 1. The van der Waals surface area contributed by atoms with E-state index in [2.05, 4.69) is 20.4 Å². The first kappa shape index (κ1) is 11.5. The van der Waals surface area contributed by atoms with E-state index in [1.807, 2.05) is 42.9 Å². The van der Waals surface area contributed by atoms with Crippen LogP contribution in [0.15, 0.2) is 42.9 Å². The van der Waals surface area contributed by atoms with E-state index in [9.17, 15) is 0 Å². The maximum atomic E-state index is 4.42. The van der Waals surface area contributed by atoms with Gasteiger partial charge in [-0.3, -0.25) is 0 Å². The molecule has 1 saturated carbocycles. The highest BCUT2D eigenvalue weighted by Gasteiger charge is 2.20. The van der Waals surface area contributed by atoms with E-state index in [-0.39, 0.29) is 0 Å². The summed E-state index contributed by atoms with van der Waals surface area (Å²) >= 11 is 0. The van der Waals surface area contributed by atoms with Gasteiger partial charge in [-0.15, -0.1) is 0 Å². The standard InChI is InChI=1S/C15H15N5/c1-2-4-14-12(3-1)10-19-20(14)15-17-8-11(9-18-15)7-16-13-5-6-13/h1-4,8-10,13,16H,5-7H2. The van der Waals surface area contributed by atoms with Crippen LogP contribution in [0.2, 0.25) is 0 Å². The number of hydrogen-bond acceptors (Lipinski definition) is 4. The van der Waals surface area contributed by atoms with Crippen LogP contribution >= 0.6 is 0 Å². The van der Waals surface area contributed by atoms with Gasteiger partial charge in [0.2, 0.25) is 0 Å². The summed E-state index contributed by atoms with van der Waals surface area (Å²) in [6, 6.07) is 8.75. The van der Waals surface area contributed by atoms with Crippen LogP contribution in [0.4, 0.5) is 0 Å². The first-order valence-corrected chi connectivity index (χ1v) is 6.87. The van der Waals surface area contributed by atoms with Crippen molar-refractivity contribution in [1.82, 2.24) is 25.1 Å². The third kappa shape index (κ3) is 2.16. The van der Waals surface area contributed by atoms with Crippen molar-refractivity contribution in [3.05, 3.63) is 48.4 Å². The van der Waals surface area contributed by atoms with Gasteiger partial charge in [-0.05, 0) is 18.9 Å². The molecule has 1 aliphatic rings. The van der Waals surface area contributed by atoms with Crippen molar-refractivity contribution in [3.63, 3.8) is 0 Å². The molecule has 0 amide bonds. The third-order valence-electron chi connectivity index (χ3n) is 3.53. The molecule has 0 saturated heterocycles. The fourth-order valence-corrected chi connectivity index (χ4v) is 2.23. The van der Waals surface area contributed by atoms with Gasteiger partial charge >= 0.3 is 0 Å². The number of nitrogens with zero attached hydrogens (tertiary/aromatic N) is 4. The lowest BCUT2D eigenvalue weighted by molar-refractivity contribution is 0.681. The van der Waals surface area contributed by atoms with Crippen LogP contribution in [0.3, 0.4) is 0 Å². The molecule has 1 N–H and O–H groups in total. The first-order valence-electron chi connectivity index (χ1n) is 6.87. The minimum absolute atomic E-state index is 0.612. The largest absolute Gasteiger partial charge is 0.310 e. The predicted octanol–water partition coefficient (Wildman–Crippen LogP) is 2.07. The second-order valence-corrected chi connectivity index (χ2v) is 5.16. The average molecular weight is 265 g/mol. The third-order valence-corrected chi connectivity index (χ3v) is 3.53. The molecule has 0 bridgehead atoms. The van der Waals surface area contributed by atoms with Crippen molar-refractivity contribution in [2.75, 3.05) is 0 Å². The van der Waals surface area contributed by atoms with Crippen LogP contribution in [0.1, 0.15) is 18.4 Å². The van der Waals surface area contributed by atoms with Gasteiger partial charge in [-0.2, -0.15) is 9.78 Å². The lowest BCUT2D eigenvalue weighted by Crippen LogP contribution is -2.16. The molecule has 20 heavy (non-hydrogen) atoms. The van der Waals surface area contributed by atoms with E-state index >= 15 is 0 Å². The highest BCUT2D eigenvalue weighted by Crippen LogP contribution is 2.19. The minimum atomic E-state index is 0.612. The topological polar surface area (TPSA) is 55.6 Å². The molecule has 3 aromatic rings. The summed E-state index contributed by atoms with van der Waals surface area (Å²) in [6.45, 7) is 0.838. The summed E-state index contributed by atoms with van der Waals surface area (Å²) in [6.07, 6.45) is 8.15. The Morgan fingerprint density at radius 2 is 1.90 bits per heavy atom. The van der Waals surface area contributed by atoms with E-state index in [1.165, 1.54) is 12.8 Å². The Hall–Kier alpha value is -2.27. The van der Waals surface area contributed by atoms with E-state index in [1.54, 1.807) is 4.68 Å². The summed E-state index contributed by atoms with van der Waals surface area (Å²) in [4.78, 5) is 8.84. The molecule has 2 aromatic heterocycles. The molecule has 2 heterocycles. The molecule has 0 unspecified atom stereocenters. The zero-order chi connectivity index (χ0) is 13.4. The second-order valence-electron chi connectivity index (χ2n) is 5.16. The number of fused-ring (bicyclic) bond motifs is 1. The van der Waals surface area contributed by atoms with Crippen molar-refractivity contribution in [3.8, 4) is 5.95 Å². The second kappa shape index (κ2) is 4.68. The molecular formula is C15H15N5. The van der Waals surface area contributed by atoms with Crippen molar-refractivity contribution >= 4 is 10.9 Å². The molecule has 1 aromatic carbocycles. The normalized spacial score (nSPS) is 14.8. The monoisotopic (exact) mass is 265 g/mol. The number of hydrogen-bond donors (Lipinski definition) is 1. The van der Waals surface area contributed by atoms with Crippen LogP contribution < -0.4 is 5.32 Å². The highest BCUT2D eigenvalue weighted by molar-refractivity contribution is 5.79. The molecular weight excluding hydrogens is 250 g/mol. The van der Waals surface area contributed by atoms with Crippen molar-refractivity contribution in [1.29, 1.82) is 0 Å². The number of para-hydroxylation sites is 1. The molecule has 5 heteroatoms. The lowest BCUT2D eigenvalue weighted by Gasteiger charge is -2.04. The van der Waals surface area contributed by atoms with E-state index in [0.717, 1.165) is 23.0 Å². The average Bonchev–Trinajstić information content (AvgIpc) is 3.23. The van der Waals surface area contributed by atoms with E-state index < -0.39 is 0 Å². The van der Waals surface area contributed by atoms with Crippen molar-refractivity contribution in [2.45, 2.75) is 25.4 Å². The maximum Gasteiger partial charge on any atom is 0.251 e. The number of rotatable bonds is 4. The van der Waals surface area contributed by atoms with Crippen LogP contribution in [0, 0.1) is 0 Å². The summed E-state index contributed by atoms with van der Waals surface area (Å²) < 4.78 is 1.77. The molecule has 0 aliphatic heterocycles. The van der Waals surface area contributed by atoms with Gasteiger partial charge in [0, 0.05) is 35.9 Å². The van der Waals surface area contributed by atoms with Gasteiger partial charge in [-0.1, -0.05) is 18.2 Å². The zero-order valence-corrected chi connectivity index (χ0v) is 11.0. The van der Waals surface area contributed by atoms with Crippen molar-refractivity contribution < 1.29 is 0 Å². The van der Waals surface area contributed by atoms with Crippen molar-refractivity contribution in [2.24, 2.45) is 0 Å². The van der Waals surface area contributed by atoms with Crippen LogP contribution in [-0.4, -0.2) is 25.8 Å². The Labute approximate surface area is 116 Å². The number of aromatic nitrogens is 4. The highest BCUT2D eigenvalue weighted by atomic mass is 15.3. The van der Waals surface area contributed by atoms with Gasteiger partial charge in [0.25, 0.3) is 5.95 Å². The van der Waals surface area contributed by atoms with Gasteiger partial charge in [0.05, 0.1) is 11.7 Å². The van der Waals surface area contributed by atoms with E-state index in [0.29, 0.717) is 12.0 Å². The SMILES string of the molecule is c1ccc2c(c1)cnn2-c1ncc(CNC2CC2)cn1.